The van der Waals surface area contributed by atoms with E-state index >= 15 is 0 Å². The van der Waals surface area contributed by atoms with Gasteiger partial charge >= 0.3 is 0 Å². The molecule has 0 bridgehead atoms. The molecule has 1 aromatic heterocycles. The van der Waals surface area contributed by atoms with Gasteiger partial charge < -0.3 is 24.6 Å². The van der Waals surface area contributed by atoms with Crippen LogP contribution in [0.3, 0.4) is 0 Å². The van der Waals surface area contributed by atoms with Crippen LogP contribution < -0.4 is 19.6 Å². The van der Waals surface area contributed by atoms with Crippen molar-refractivity contribution in [3.63, 3.8) is 0 Å². The lowest BCUT2D eigenvalue weighted by atomic mass is 9.91. The molecule has 0 saturated carbocycles. The third-order valence-electron chi connectivity index (χ3n) is 7.69. The Hall–Kier alpha value is -4.64. The summed E-state index contributed by atoms with van der Waals surface area (Å²) in [5.41, 5.74) is 14.0. The molecule has 1 N–H and O–H groups in total. The van der Waals surface area contributed by atoms with Crippen molar-refractivity contribution < 1.29 is 0 Å². The number of aromatic amines is 1. The fourth-order valence-corrected chi connectivity index (χ4v) is 5.22. The van der Waals surface area contributed by atoms with Crippen LogP contribution in [0, 0.1) is 0 Å². The minimum Gasteiger partial charge on any atom is -0.378 e. The molecule has 1 heterocycles. The van der Waals surface area contributed by atoms with E-state index in [4.69, 9.17) is 0 Å². The minimum atomic E-state index is 1.12. The Labute approximate surface area is 245 Å². The molecule has 5 heteroatoms. The molecule has 41 heavy (non-hydrogen) atoms. The quantitative estimate of drug-likeness (QED) is 0.215. The second kappa shape index (κ2) is 11.5. The number of benzene rings is 4. The molecule has 0 spiro atoms. The molecule has 0 aliphatic carbocycles. The fraction of sp³-hybridized carbons (Fsp3) is 0.222. The lowest BCUT2D eigenvalue weighted by Crippen LogP contribution is -2.08. The highest BCUT2D eigenvalue weighted by Gasteiger charge is 2.23. The molecule has 5 aromatic rings. The number of anilines is 4. The monoisotopic (exact) mass is 543 g/mol. The number of hydrogen-bond acceptors (Lipinski definition) is 4. The van der Waals surface area contributed by atoms with Crippen LogP contribution in [0.5, 0.6) is 0 Å². The van der Waals surface area contributed by atoms with Crippen molar-refractivity contribution in [2.24, 2.45) is 0 Å². The van der Waals surface area contributed by atoms with Gasteiger partial charge in [0.2, 0.25) is 0 Å². The first-order valence-electron chi connectivity index (χ1n) is 14.0. The Morgan fingerprint density at radius 2 is 0.537 bits per heavy atom. The molecule has 0 aliphatic heterocycles. The molecular weight excluding hydrogens is 502 g/mol. The first-order chi connectivity index (χ1) is 19.6. The average Bonchev–Trinajstić information content (AvgIpc) is 3.38. The van der Waals surface area contributed by atoms with E-state index in [2.05, 4.69) is 178 Å². The van der Waals surface area contributed by atoms with Gasteiger partial charge in [-0.3, -0.25) is 0 Å². The maximum Gasteiger partial charge on any atom is 0.0544 e. The summed E-state index contributed by atoms with van der Waals surface area (Å²) in [6.45, 7) is 0. The van der Waals surface area contributed by atoms with Gasteiger partial charge in [-0.15, -0.1) is 0 Å². The van der Waals surface area contributed by atoms with E-state index in [0.29, 0.717) is 0 Å². The van der Waals surface area contributed by atoms with Crippen LogP contribution in [0.2, 0.25) is 0 Å². The molecule has 0 saturated heterocycles. The zero-order chi connectivity index (χ0) is 29.3. The van der Waals surface area contributed by atoms with Gasteiger partial charge in [0.15, 0.2) is 0 Å². The van der Waals surface area contributed by atoms with Crippen molar-refractivity contribution in [1.29, 1.82) is 0 Å². The zero-order valence-electron chi connectivity index (χ0n) is 25.5. The van der Waals surface area contributed by atoms with Gasteiger partial charge in [0.05, 0.1) is 11.4 Å². The van der Waals surface area contributed by atoms with Crippen molar-refractivity contribution >= 4 is 22.7 Å². The first kappa shape index (κ1) is 27.9. The van der Waals surface area contributed by atoms with Crippen LogP contribution >= 0.6 is 0 Å². The first-order valence-corrected chi connectivity index (χ1v) is 14.0. The van der Waals surface area contributed by atoms with Crippen LogP contribution in [-0.4, -0.2) is 61.4 Å². The van der Waals surface area contributed by atoms with Crippen molar-refractivity contribution in [3.8, 4) is 44.8 Å². The van der Waals surface area contributed by atoms with Crippen molar-refractivity contribution in [3.05, 3.63) is 97.1 Å². The predicted molar refractivity (Wildman–Crippen MR) is 180 cm³/mol. The van der Waals surface area contributed by atoms with E-state index in [-0.39, 0.29) is 0 Å². The molecule has 0 aliphatic rings. The summed E-state index contributed by atoms with van der Waals surface area (Å²) in [6.07, 6.45) is 0. The minimum absolute atomic E-state index is 1.12. The van der Waals surface area contributed by atoms with Gasteiger partial charge in [0, 0.05) is 90.3 Å². The zero-order valence-corrected chi connectivity index (χ0v) is 25.5. The number of rotatable bonds is 8. The average molecular weight is 544 g/mol. The molecular formula is C36H41N5. The Morgan fingerprint density at radius 1 is 0.317 bits per heavy atom. The van der Waals surface area contributed by atoms with Crippen molar-refractivity contribution in [1.82, 2.24) is 4.98 Å². The van der Waals surface area contributed by atoms with Crippen LogP contribution in [0.25, 0.3) is 44.8 Å². The van der Waals surface area contributed by atoms with Crippen LogP contribution in [-0.2, 0) is 0 Å². The molecule has 0 fully saturated rings. The topological polar surface area (TPSA) is 28.8 Å². The highest BCUT2D eigenvalue weighted by Crippen LogP contribution is 2.47. The van der Waals surface area contributed by atoms with Crippen LogP contribution in [0.15, 0.2) is 97.1 Å². The van der Waals surface area contributed by atoms with Gasteiger partial charge in [-0.1, -0.05) is 48.5 Å². The standard InChI is InChI=1S/C36H41N5/c1-38(2)29-17-9-25(10-18-29)33-34(26-11-19-30(20-12-26)39(3)4)36(28-15-23-32(24-16-28)41(7)8)37-35(33)27-13-21-31(22-14-27)40(5)6/h9-24,37H,1-8H3. The summed E-state index contributed by atoms with van der Waals surface area (Å²) in [5, 5.41) is 0. The maximum atomic E-state index is 3.90. The number of nitrogens with zero attached hydrogens (tertiary/aromatic N) is 4. The largest absolute Gasteiger partial charge is 0.378 e. The molecule has 5 rings (SSSR count). The summed E-state index contributed by atoms with van der Waals surface area (Å²) in [4.78, 5) is 12.5. The fourth-order valence-electron chi connectivity index (χ4n) is 5.22. The summed E-state index contributed by atoms with van der Waals surface area (Å²) in [6, 6.07) is 35.4. The third-order valence-corrected chi connectivity index (χ3v) is 7.69. The van der Waals surface area contributed by atoms with Gasteiger partial charge in [-0.25, -0.2) is 0 Å². The second-order valence-corrected chi connectivity index (χ2v) is 11.4. The molecule has 210 valence electrons. The summed E-state index contributed by atoms with van der Waals surface area (Å²) in [7, 11) is 16.6. The van der Waals surface area contributed by atoms with Gasteiger partial charge in [0.25, 0.3) is 0 Å². The van der Waals surface area contributed by atoms with E-state index in [1.807, 2.05) is 0 Å². The lowest BCUT2D eigenvalue weighted by molar-refractivity contribution is 1.13. The van der Waals surface area contributed by atoms with Gasteiger partial charge in [0.1, 0.15) is 0 Å². The molecule has 5 nitrogen and oxygen atoms in total. The SMILES string of the molecule is CN(C)c1ccc(-c2[nH]c(-c3ccc(N(C)C)cc3)c(-c3ccc(N(C)C)cc3)c2-c2ccc(N(C)C)cc2)cc1. The van der Waals surface area contributed by atoms with E-state index in [9.17, 15) is 0 Å². The normalized spacial score (nSPS) is 10.9. The lowest BCUT2D eigenvalue weighted by Gasteiger charge is -2.16. The highest BCUT2D eigenvalue weighted by molar-refractivity contribution is 6.01. The van der Waals surface area contributed by atoms with Crippen molar-refractivity contribution in [2.75, 3.05) is 76.0 Å². The Balaban J connectivity index is 1.80. The number of hydrogen-bond donors (Lipinski definition) is 1. The number of nitrogens with one attached hydrogen (secondary N) is 1. The summed E-state index contributed by atoms with van der Waals surface area (Å²) < 4.78 is 0. The van der Waals surface area contributed by atoms with E-state index in [0.717, 1.165) is 22.5 Å². The number of aromatic nitrogens is 1. The van der Waals surface area contributed by atoms with Crippen LogP contribution in [0.4, 0.5) is 22.7 Å². The summed E-state index contributed by atoms with van der Waals surface area (Å²) in [5.74, 6) is 0. The highest BCUT2D eigenvalue weighted by atomic mass is 15.1. The molecule has 0 amide bonds. The smallest absolute Gasteiger partial charge is 0.0544 e. The van der Waals surface area contributed by atoms with Gasteiger partial charge in [-0.05, 0) is 70.8 Å². The van der Waals surface area contributed by atoms with E-state index in [1.54, 1.807) is 0 Å². The summed E-state index contributed by atoms with van der Waals surface area (Å²) >= 11 is 0. The molecule has 0 atom stereocenters. The van der Waals surface area contributed by atoms with Crippen molar-refractivity contribution in [2.45, 2.75) is 0 Å². The Morgan fingerprint density at radius 3 is 0.756 bits per heavy atom. The van der Waals surface area contributed by atoms with Crippen LogP contribution in [0.1, 0.15) is 0 Å². The van der Waals surface area contributed by atoms with E-state index < -0.39 is 0 Å². The predicted octanol–water partition coefficient (Wildman–Crippen LogP) is 7.95. The van der Waals surface area contributed by atoms with Gasteiger partial charge in [-0.2, -0.15) is 0 Å². The second-order valence-electron chi connectivity index (χ2n) is 11.4. The molecule has 0 unspecified atom stereocenters. The Kier molecular flexibility index (Phi) is 7.80. The Bertz CT molecular complexity index is 1470. The van der Waals surface area contributed by atoms with E-state index in [1.165, 1.54) is 45.0 Å². The third kappa shape index (κ3) is 5.66. The number of H-pyrrole nitrogens is 1. The maximum absolute atomic E-state index is 3.90. The molecule has 4 aromatic carbocycles. The molecule has 0 radical (unpaired) electrons.